The lowest BCUT2D eigenvalue weighted by atomic mass is 10.2. The van der Waals surface area contributed by atoms with Gasteiger partial charge < -0.3 is 4.42 Å². The third-order valence-electron chi connectivity index (χ3n) is 4.40. The van der Waals surface area contributed by atoms with Crippen LogP contribution in [0, 0.1) is 0 Å². The first-order valence-electron chi connectivity index (χ1n) is 8.45. The molecule has 0 radical (unpaired) electrons. The molecule has 5 aromatic rings. The van der Waals surface area contributed by atoms with Crippen molar-refractivity contribution >= 4 is 56.7 Å². The molecular formula is C19H10Cl3N5O2. The van der Waals surface area contributed by atoms with Crippen molar-refractivity contribution in [1.82, 2.24) is 24.8 Å². The second kappa shape index (κ2) is 6.88. The molecular weight excluding hydrogens is 437 g/mol. The first-order valence-corrected chi connectivity index (χ1v) is 9.58. The number of fused-ring (bicyclic) bond motifs is 3. The zero-order valence-corrected chi connectivity index (χ0v) is 16.8. The zero-order valence-electron chi connectivity index (χ0n) is 14.5. The average Bonchev–Trinajstić information content (AvgIpc) is 3.29. The van der Waals surface area contributed by atoms with Crippen LogP contribution in [0.5, 0.6) is 0 Å². The number of benzene rings is 2. The van der Waals surface area contributed by atoms with E-state index in [-0.39, 0.29) is 0 Å². The number of aromatic nitrogens is 5. The van der Waals surface area contributed by atoms with Crippen molar-refractivity contribution in [3.8, 4) is 5.69 Å². The van der Waals surface area contributed by atoms with E-state index < -0.39 is 5.63 Å². The van der Waals surface area contributed by atoms with E-state index in [0.717, 1.165) is 5.39 Å². The molecule has 2 aromatic carbocycles. The van der Waals surface area contributed by atoms with Crippen LogP contribution < -0.4 is 5.63 Å². The number of para-hydroxylation sites is 1. The van der Waals surface area contributed by atoms with Crippen molar-refractivity contribution in [2.24, 2.45) is 0 Å². The van der Waals surface area contributed by atoms with Gasteiger partial charge in [0.05, 0.1) is 22.8 Å². The molecule has 3 heterocycles. The zero-order chi connectivity index (χ0) is 20.1. The van der Waals surface area contributed by atoms with Gasteiger partial charge in [0.25, 0.3) is 0 Å². The molecule has 3 aromatic heterocycles. The van der Waals surface area contributed by atoms with Gasteiger partial charge in [-0.15, -0.1) is 5.10 Å². The minimum Gasteiger partial charge on any atom is -0.422 e. The number of nitrogens with zero attached hydrogens (tertiary/aromatic N) is 5. The summed E-state index contributed by atoms with van der Waals surface area (Å²) in [4.78, 5) is 12.3. The Bertz CT molecular complexity index is 1430. The van der Waals surface area contributed by atoms with E-state index >= 15 is 0 Å². The third kappa shape index (κ3) is 3.17. The van der Waals surface area contributed by atoms with Crippen molar-refractivity contribution in [1.29, 1.82) is 0 Å². The quantitative estimate of drug-likeness (QED) is 0.374. The Morgan fingerprint density at radius 2 is 1.76 bits per heavy atom. The molecule has 0 amide bonds. The number of halogens is 3. The summed E-state index contributed by atoms with van der Waals surface area (Å²) in [6, 6.07) is 10.4. The first-order chi connectivity index (χ1) is 14.0. The van der Waals surface area contributed by atoms with Crippen LogP contribution in [0.25, 0.3) is 27.6 Å². The Kier molecular flexibility index (Phi) is 4.31. The number of rotatable bonds is 3. The Morgan fingerprint density at radius 3 is 2.55 bits per heavy atom. The number of hydrogen-bond donors (Lipinski definition) is 0. The van der Waals surface area contributed by atoms with E-state index in [1.165, 1.54) is 4.68 Å². The Balaban J connectivity index is 1.54. The molecule has 0 fully saturated rings. The van der Waals surface area contributed by atoms with Crippen molar-refractivity contribution < 1.29 is 4.42 Å². The van der Waals surface area contributed by atoms with Crippen molar-refractivity contribution in [3.05, 3.63) is 80.0 Å². The van der Waals surface area contributed by atoms with Gasteiger partial charge in [0, 0.05) is 16.6 Å². The summed E-state index contributed by atoms with van der Waals surface area (Å²) in [6.45, 7) is 0.297. The van der Waals surface area contributed by atoms with Gasteiger partial charge in [-0.05, 0) is 24.3 Å². The largest absolute Gasteiger partial charge is 0.422 e. The molecule has 0 spiro atoms. The molecule has 0 aliphatic rings. The standard InChI is InChI=1S/C19H10Cl3N5O2/c20-10-5-14(21)18(15(22)6-10)27-8-11(23-25-27)7-26-9-13-17(24-26)12-3-1-2-4-16(12)29-19(13)28/h1-6,8-9H,7H2. The average molecular weight is 447 g/mol. The summed E-state index contributed by atoms with van der Waals surface area (Å²) in [5.41, 5.74) is 1.72. The van der Waals surface area contributed by atoms with E-state index in [0.29, 0.717) is 49.5 Å². The molecule has 0 bridgehead atoms. The fraction of sp³-hybridized carbons (Fsp3) is 0.0526. The first kappa shape index (κ1) is 18.2. The van der Waals surface area contributed by atoms with E-state index in [9.17, 15) is 4.79 Å². The van der Waals surface area contributed by atoms with Gasteiger partial charge in [-0.2, -0.15) is 5.10 Å². The number of hydrogen-bond acceptors (Lipinski definition) is 5. The Morgan fingerprint density at radius 1 is 1.00 bits per heavy atom. The van der Waals surface area contributed by atoms with Crippen molar-refractivity contribution in [2.45, 2.75) is 6.54 Å². The van der Waals surface area contributed by atoms with Crippen LogP contribution in [0.15, 0.2) is 58.0 Å². The maximum absolute atomic E-state index is 12.3. The molecule has 0 aliphatic carbocycles. The fourth-order valence-corrected chi connectivity index (χ4v) is 4.15. The van der Waals surface area contributed by atoms with Gasteiger partial charge in [-0.25, -0.2) is 9.48 Å². The molecule has 29 heavy (non-hydrogen) atoms. The van der Waals surface area contributed by atoms with Crippen LogP contribution in [-0.2, 0) is 6.54 Å². The van der Waals surface area contributed by atoms with Crippen LogP contribution in [0.3, 0.4) is 0 Å². The summed E-state index contributed by atoms with van der Waals surface area (Å²) < 4.78 is 8.45. The van der Waals surface area contributed by atoms with Crippen LogP contribution in [0.1, 0.15) is 5.69 Å². The summed E-state index contributed by atoms with van der Waals surface area (Å²) in [5.74, 6) is 0. The monoisotopic (exact) mass is 445 g/mol. The second-order valence-electron chi connectivity index (χ2n) is 6.35. The molecule has 0 atom stereocenters. The normalized spacial score (nSPS) is 11.6. The highest BCUT2D eigenvalue weighted by molar-refractivity contribution is 6.40. The lowest BCUT2D eigenvalue weighted by molar-refractivity contribution is 0.569. The molecule has 0 N–H and O–H groups in total. The maximum atomic E-state index is 12.3. The fourth-order valence-electron chi connectivity index (χ4n) is 3.16. The van der Waals surface area contributed by atoms with Gasteiger partial charge in [0.1, 0.15) is 27.9 Å². The van der Waals surface area contributed by atoms with Gasteiger partial charge >= 0.3 is 5.63 Å². The molecule has 10 heteroatoms. The highest BCUT2D eigenvalue weighted by atomic mass is 35.5. The van der Waals surface area contributed by atoms with E-state index in [1.54, 1.807) is 41.3 Å². The van der Waals surface area contributed by atoms with E-state index in [1.807, 2.05) is 12.1 Å². The van der Waals surface area contributed by atoms with E-state index in [4.69, 9.17) is 39.2 Å². The Labute approximate surface area is 178 Å². The highest BCUT2D eigenvalue weighted by Gasteiger charge is 2.15. The minimum atomic E-state index is -0.437. The lowest BCUT2D eigenvalue weighted by Crippen LogP contribution is -2.00. The maximum Gasteiger partial charge on any atom is 0.347 e. The minimum absolute atomic E-state index is 0.297. The summed E-state index contributed by atoms with van der Waals surface area (Å²) >= 11 is 18.4. The van der Waals surface area contributed by atoms with Gasteiger partial charge in [-0.3, -0.25) is 4.68 Å². The SMILES string of the molecule is O=c1oc2ccccc2c2nn(Cc3cn(-c4c(Cl)cc(Cl)cc4Cl)nn3)cc12. The smallest absolute Gasteiger partial charge is 0.347 e. The van der Waals surface area contributed by atoms with Crippen LogP contribution in [0.2, 0.25) is 15.1 Å². The lowest BCUT2D eigenvalue weighted by Gasteiger charge is -2.06. The molecule has 0 saturated carbocycles. The van der Waals surface area contributed by atoms with Gasteiger partial charge in [0.2, 0.25) is 0 Å². The van der Waals surface area contributed by atoms with Gasteiger partial charge in [0.15, 0.2) is 0 Å². The molecule has 5 rings (SSSR count). The topological polar surface area (TPSA) is 78.7 Å². The van der Waals surface area contributed by atoms with Gasteiger partial charge in [-0.1, -0.05) is 52.1 Å². The van der Waals surface area contributed by atoms with E-state index in [2.05, 4.69) is 15.4 Å². The van der Waals surface area contributed by atoms with Crippen LogP contribution >= 0.6 is 34.8 Å². The predicted octanol–water partition coefficient (Wildman–Crippen LogP) is 4.73. The molecule has 7 nitrogen and oxygen atoms in total. The molecule has 0 saturated heterocycles. The molecule has 144 valence electrons. The Hall–Kier alpha value is -2.87. The highest BCUT2D eigenvalue weighted by Crippen LogP contribution is 2.31. The van der Waals surface area contributed by atoms with Crippen LogP contribution in [-0.4, -0.2) is 24.8 Å². The molecule has 0 aliphatic heterocycles. The predicted molar refractivity (Wildman–Crippen MR) is 111 cm³/mol. The summed E-state index contributed by atoms with van der Waals surface area (Å²) in [6.07, 6.45) is 3.32. The second-order valence-corrected chi connectivity index (χ2v) is 7.60. The summed E-state index contributed by atoms with van der Waals surface area (Å²) in [5, 5.41) is 15.1. The summed E-state index contributed by atoms with van der Waals surface area (Å²) in [7, 11) is 0. The third-order valence-corrected chi connectivity index (χ3v) is 5.20. The van der Waals surface area contributed by atoms with Crippen LogP contribution in [0.4, 0.5) is 0 Å². The van der Waals surface area contributed by atoms with Crippen molar-refractivity contribution in [2.75, 3.05) is 0 Å². The van der Waals surface area contributed by atoms with Crippen molar-refractivity contribution in [3.63, 3.8) is 0 Å². The molecule has 0 unspecified atom stereocenters.